The zero-order valence-corrected chi connectivity index (χ0v) is 16.2. The second kappa shape index (κ2) is 8.11. The van der Waals surface area contributed by atoms with Crippen molar-refractivity contribution in [1.82, 2.24) is 29.4 Å². The molecule has 0 aliphatic heterocycles. The van der Waals surface area contributed by atoms with Gasteiger partial charge in [0, 0.05) is 32.6 Å². The van der Waals surface area contributed by atoms with Crippen LogP contribution >= 0.6 is 0 Å². The molecule has 152 valence electrons. The van der Waals surface area contributed by atoms with Crippen LogP contribution in [0, 0.1) is 17.0 Å². The van der Waals surface area contributed by atoms with E-state index in [1.807, 2.05) is 41.0 Å². The summed E-state index contributed by atoms with van der Waals surface area (Å²) in [6.45, 7) is 2.34. The number of aromatic nitrogens is 5. The number of aryl methyl sites for hydroxylation is 2. The Bertz CT molecular complexity index is 1210. The number of nitrogens with one attached hydrogen (secondary N) is 1. The number of fused-ring (bicyclic) bond motifs is 1. The van der Waals surface area contributed by atoms with Gasteiger partial charge in [0.15, 0.2) is 0 Å². The van der Waals surface area contributed by atoms with E-state index in [1.165, 1.54) is 6.20 Å². The number of para-hydroxylation sites is 2. The Hall–Kier alpha value is -4.08. The first kappa shape index (κ1) is 19.2. The topological polar surface area (TPSA) is 121 Å². The zero-order valence-electron chi connectivity index (χ0n) is 16.2. The number of nitrogens with zero attached hydrogens (tertiary/aromatic N) is 6. The molecule has 0 unspecified atom stereocenters. The summed E-state index contributed by atoms with van der Waals surface area (Å²) in [6.07, 6.45) is 4.98. The van der Waals surface area contributed by atoms with Gasteiger partial charge in [-0.2, -0.15) is 0 Å². The molecule has 30 heavy (non-hydrogen) atoms. The van der Waals surface area contributed by atoms with Gasteiger partial charge in [-0.05, 0) is 33.7 Å². The molecule has 0 saturated heterocycles. The maximum Gasteiger partial charge on any atom is 0.381 e. The van der Waals surface area contributed by atoms with Crippen molar-refractivity contribution in [2.45, 2.75) is 26.4 Å². The number of nitro groups is 1. The molecule has 4 rings (SSSR count). The lowest BCUT2D eigenvalue weighted by molar-refractivity contribution is -0.389. The highest BCUT2D eigenvalue weighted by Crippen LogP contribution is 2.16. The minimum Gasteiger partial charge on any atom is -0.358 e. The summed E-state index contributed by atoms with van der Waals surface area (Å²) in [5.74, 6) is 0.873. The molecule has 4 aromatic rings. The number of hydrogen-bond donors (Lipinski definition) is 1. The van der Waals surface area contributed by atoms with Crippen LogP contribution in [0.15, 0.2) is 55.1 Å². The summed E-state index contributed by atoms with van der Waals surface area (Å²) in [6, 6.07) is 11.6. The van der Waals surface area contributed by atoms with E-state index in [2.05, 4.69) is 20.3 Å². The molecule has 10 nitrogen and oxygen atoms in total. The molecule has 1 N–H and O–H groups in total. The van der Waals surface area contributed by atoms with Gasteiger partial charge in [-0.25, -0.2) is 9.97 Å². The fourth-order valence-corrected chi connectivity index (χ4v) is 3.12. The lowest BCUT2D eigenvalue weighted by Crippen LogP contribution is -2.24. The van der Waals surface area contributed by atoms with E-state index in [1.54, 1.807) is 24.0 Å². The normalized spacial score (nSPS) is 11.0. The van der Waals surface area contributed by atoms with Gasteiger partial charge < -0.3 is 20.0 Å². The third-order valence-corrected chi connectivity index (χ3v) is 4.73. The third-order valence-electron chi connectivity index (χ3n) is 4.73. The van der Waals surface area contributed by atoms with Crippen LogP contribution in [0.3, 0.4) is 0 Å². The molecule has 0 aliphatic carbocycles. The van der Waals surface area contributed by atoms with Gasteiger partial charge in [-0.3, -0.25) is 9.36 Å². The van der Waals surface area contributed by atoms with Crippen molar-refractivity contribution >= 4 is 22.8 Å². The lowest BCUT2D eigenvalue weighted by Gasteiger charge is -2.07. The molecule has 10 heteroatoms. The van der Waals surface area contributed by atoms with Crippen LogP contribution in [0.2, 0.25) is 0 Å². The Morgan fingerprint density at radius 1 is 1.20 bits per heavy atom. The van der Waals surface area contributed by atoms with Crippen LogP contribution in [0.4, 0.5) is 5.82 Å². The van der Waals surface area contributed by atoms with Crippen LogP contribution in [-0.2, 0) is 17.9 Å². The average Bonchev–Trinajstić information content (AvgIpc) is 3.35. The zero-order chi connectivity index (χ0) is 21.1. The first-order valence-corrected chi connectivity index (χ1v) is 9.33. The van der Waals surface area contributed by atoms with Crippen molar-refractivity contribution in [2.24, 2.45) is 0 Å². The highest BCUT2D eigenvalue weighted by atomic mass is 16.6. The SMILES string of the molecule is Cc1nc([N+](=O)[O-])cn1CCC(=O)NCc1ccc(-n2cnc3ccccc32)nc1. The van der Waals surface area contributed by atoms with E-state index in [4.69, 9.17) is 0 Å². The summed E-state index contributed by atoms with van der Waals surface area (Å²) in [7, 11) is 0. The lowest BCUT2D eigenvalue weighted by atomic mass is 10.2. The number of amides is 1. The largest absolute Gasteiger partial charge is 0.381 e. The predicted octanol–water partition coefficient (Wildman–Crippen LogP) is 2.54. The monoisotopic (exact) mass is 405 g/mol. The molecule has 0 radical (unpaired) electrons. The van der Waals surface area contributed by atoms with E-state index in [9.17, 15) is 14.9 Å². The standard InChI is InChI=1S/C20H19N7O3/c1-14-24-19(27(29)30)12-25(14)9-8-20(28)22-11-15-6-7-18(21-10-15)26-13-23-16-4-2-3-5-17(16)26/h2-7,10,12-13H,8-9,11H2,1H3,(H,22,28). The van der Waals surface area contributed by atoms with E-state index >= 15 is 0 Å². The van der Waals surface area contributed by atoms with Crippen LogP contribution in [0.25, 0.3) is 16.9 Å². The van der Waals surface area contributed by atoms with Crippen molar-refractivity contribution < 1.29 is 9.72 Å². The number of carbonyl (C=O) groups excluding carboxylic acids is 1. The van der Waals surface area contributed by atoms with Gasteiger partial charge in [0.25, 0.3) is 0 Å². The molecule has 0 spiro atoms. The second-order valence-corrected chi connectivity index (χ2v) is 6.75. The molecule has 0 fully saturated rings. The van der Waals surface area contributed by atoms with Crippen molar-refractivity contribution in [3.05, 3.63) is 76.6 Å². The fourth-order valence-electron chi connectivity index (χ4n) is 3.12. The van der Waals surface area contributed by atoms with Gasteiger partial charge >= 0.3 is 5.82 Å². The summed E-state index contributed by atoms with van der Waals surface area (Å²) in [5, 5.41) is 13.6. The molecule has 0 atom stereocenters. The third kappa shape index (κ3) is 4.02. The molecule has 0 aliphatic rings. The van der Waals surface area contributed by atoms with Gasteiger partial charge in [-0.1, -0.05) is 18.2 Å². The quantitative estimate of drug-likeness (QED) is 0.373. The van der Waals surface area contributed by atoms with Crippen molar-refractivity contribution in [1.29, 1.82) is 0 Å². The molecule has 3 aromatic heterocycles. The highest BCUT2D eigenvalue weighted by molar-refractivity contribution is 5.77. The minimum atomic E-state index is -0.549. The average molecular weight is 405 g/mol. The maximum atomic E-state index is 12.1. The summed E-state index contributed by atoms with van der Waals surface area (Å²) in [4.78, 5) is 35.0. The number of rotatable bonds is 7. The Kier molecular flexibility index (Phi) is 5.21. The van der Waals surface area contributed by atoms with Crippen molar-refractivity contribution in [3.8, 4) is 5.82 Å². The molecule has 0 saturated carbocycles. The summed E-state index contributed by atoms with van der Waals surface area (Å²) < 4.78 is 3.51. The number of hydrogen-bond acceptors (Lipinski definition) is 6. The Morgan fingerprint density at radius 3 is 2.77 bits per heavy atom. The summed E-state index contributed by atoms with van der Waals surface area (Å²) in [5.41, 5.74) is 2.74. The molecule has 0 bridgehead atoms. The minimum absolute atomic E-state index is 0.157. The van der Waals surface area contributed by atoms with Crippen LogP contribution in [-0.4, -0.2) is 34.9 Å². The number of benzene rings is 1. The molecule has 1 amide bonds. The Balaban J connectivity index is 1.33. The predicted molar refractivity (Wildman–Crippen MR) is 109 cm³/mol. The second-order valence-electron chi connectivity index (χ2n) is 6.75. The van der Waals surface area contributed by atoms with E-state index in [-0.39, 0.29) is 18.1 Å². The van der Waals surface area contributed by atoms with Crippen LogP contribution in [0.1, 0.15) is 17.8 Å². The fraction of sp³-hybridized carbons (Fsp3) is 0.200. The van der Waals surface area contributed by atoms with E-state index < -0.39 is 4.92 Å². The number of carbonyl (C=O) groups is 1. The number of imidazole rings is 2. The highest BCUT2D eigenvalue weighted by Gasteiger charge is 2.15. The Labute approximate surface area is 171 Å². The number of pyridine rings is 1. The maximum absolute atomic E-state index is 12.1. The summed E-state index contributed by atoms with van der Waals surface area (Å²) >= 11 is 0. The van der Waals surface area contributed by atoms with E-state index in [0.29, 0.717) is 18.9 Å². The van der Waals surface area contributed by atoms with Gasteiger partial charge in [0.1, 0.15) is 18.3 Å². The molecular formula is C20H19N7O3. The van der Waals surface area contributed by atoms with Crippen molar-refractivity contribution in [2.75, 3.05) is 0 Å². The van der Waals surface area contributed by atoms with E-state index in [0.717, 1.165) is 22.4 Å². The van der Waals surface area contributed by atoms with Gasteiger partial charge in [0.2, 0.25) is 11.7 Å². The molecule has 1 aromatic carbocycles. The van der Waals surface area contributed by atoms with Gasteiger partial charge in [-0.15, -0.1) is 0 Å². The first-order valence-electron chi connectivity index (χ1n) is 9.33. The van der Waals surface area contributed by atoms with Crippen LogP contribution in [0.5, 0.6) is 0 Å². The van der Waals surface area contributed by atoms with Crippen LogP contribution < -0.4 is 5.32 Å². The molecular weight excluding hydrogens is 386 g/mol. The smallest absolute Gasteiger partial charge is 0.358 e. The Morgan fingerprint density at radius 2 is 2.03 bits per heavy atom. The van der Waals surface area contributed by atoms with Crippen molar-refractivity contribution in [3.63, 3.8) is 0 Å². The van der Waals surface area contributed by atoms with Gasteiger partial charge in [0.05, 0.1) is 11.0 Å². The molecule has 3 heterocycles. The first-order chi connectivity index (χ1) is 14.5.